The van der Waals surface area contributed by atoms with E-state index in [-0.39, 0.29) is 0 Å². The maximum atomic E-state index is 11.7. The number of esters is 1. The van der Waals surface area contributed by atoms with Gasteiger partial charge in [0.05, 0.1) is 26.4 Å². The SMILES string of the molecule is COC(=O)c1cc(Cl)c2nnc(-c3cc(C)c(Br)s3)n2c1. The molecular weight excluding hydrogens is 378 g/mol. The maximum absolute atomic E-state index is 11.7. The Morgan fingerprint density at radius 1 is 1.43 bits per heavy atom. The lowest BCUT2D eigenvalue weighted by atomic mass is 10.3. The first-order valence-electron chi connectivity index (χ1n) is 5.90. The van der Waals surface area contributed by atoms with Crippen LogP contribution in [0.1, 0.15) is 15.9 Å². The summed E-state index contributed by atoms with van der Waals surface area (Å²) >= 11 is 11.2. The third-order valence-corrected chi connectivity index (χ3v) is 5.37. The van der Waals surface area contributed by atoms with E-state index in [0.717, 1.165) is 14.2 Å². The minimum atomic E-state index is -0.456. The molecule has 8 heteroatoms. The third-order valence-electron chi connectivity index (χ3n) is 2.96. The number of carbonyl (C=O) groups is 1. The maximum Gasteiger partial charge on any atom is 0.339 e. The summed E-state index contributed by atoms with van der Waals surface area (Å²) in [6, 6.07) is 3.53. The second kappa shape index (κ2) is 5.40. The van der Waals surface area contributed by atoms with Crippen LogP contribution in [0.25, 0.3) is 16.3 Å². The molecule has 0 unspecified atom stereocenters. The van der Waals surface area contributed by atoms with Gasteiger partial charge in [0, 0.05) is 6.20 Å². The fourth-order valence-electron chi connectivity index (χ4n) is 1.92. The number of hydrogen-bond donors (Lipinski definition) is 0. The summed E-state index contributed by atoms with van der Waals surface area (Å²) in [5, 5.41) is 8.60. The van der Waals surface area contributed by atoms with Crippen molar-refractivity contribution < 1.29 is 9.53 Å². The first-order chi connectivity index (χ1) is 10.0. The van der Waals surface area contributed by atoms with Gasteiger partial charge in [0.2, 0.25) is 0 Å². The molecule has 3 rings (SSSR count). The van der Waals surface area contributed by atoms with E-state index in [1.54, 1.807) is 21.9 Å². The molecule has 0 spiro atoms. The highest BCUT2D eigenvalue weighted by Gasteiger charge is 2.17. The van der Waals surface area contributed by atoms with Crippen LogP contribution < -0.4 is 0 Å². The molecule has 0 radical (unpaired) electrons. The number of rotatable bonds is 2. The van der Waals surface area contributed by atoms with E-state index in [9.17, 15) is 4.79 Å². The number of ether oxygens (including phenoxy) is 1. The van der Waals surface area contributed by atoms with Gasteiger partial charge in [-0.3, -0.25) is 4.40 Å². The van der Waals surface area contributed by atoms with Crippen molar-refractivity contribution in [3.05, 3.63) is 38.3 Å². The standard InChI is InChI=1S/C13H9BrClN3O2S/c1-6-3-9(21-10(6)14)12-17-16-11-8(15)4-7(5-18(11)12)13(19)20-2/h3-5H,1-2H3. The smallest absolute Gasteiger partial charge is 0.339 e. The molecule has 5 nitrogen and oxygen atoms in total. The van der Waals surface area contributed by atoms with Crippen molar-refractivity contribution in [1.82, 2.24) is 14.6 Å². The van der Waals surface area contributed by atoms with Crippen molar-refractivity contribution in [3.63, 3.8) is 0 Å². The zero-order chi connectivity index (χ0) is 15.1. The molecule has 0 saturated heterocycles. The molecule has 0 bridgehead atoms. The second-order valence-electron chi connectivity index (χ2n) is 4.35. The Kier molecular flexibility index (Phi) is 3.73. The summed E-state index contributed by atoms with van der Waals surface area (Å²) in [7, 11) is 1.33. The molecule has 0 saturated carbocycles. The van der Waals surface area contributed by atoms with E-state index in [1.807, 2.05) is 13.0 Å². The molecule has 0 N–H and O–H groups in total. The topological polar surface area (TPSA) is 56.5 Å². The molecule has 3 aromatic rings. The van der Waals surface area contributed by atoms with Crippen LogP contribution in [-0.4, -0.2) is 27.7 Å². The molecule has 108 valence electrons. The fourth-order valence-corrected chi connectivity index (χ4v) is 3.68. The van der Waals surface area contributed by atoms with E-state index in [0.29, 0.717) is 22.1 Å². The molecule has 0 amide bonds. The minimum Gasteiger partial charge on any atom is -0.465 e. The number of thiophene rings is 1. The third kappa shape index (κ3) is 2.45. The first-order valence-corrected chi connectivity index (χ1v) is 7.89. The first kappa shape index (κ1) is 14.5. The Balaban J connectivity index is 2.24. The van der Waals surface area contributed by atoms with E-state index in [2.05, 4.69) is 26.1 Å². The number of pyridine rings is 1. The van der Waals surface area contributed by atoms with Crippen LogP contribution >= 0.6 is 38.9 Å². The summed E-state index contributed by atoms with van der Waals surface area (Å²) in [6.07, 6.45) is 1.63. The lowest BCUT2D eigenvalue weighted by molar-refractivity contribution is 0.0600. The highest BCUT2D eigenvalue weighted by molar-refractivity contribution is 9.11. The summed E-state index contributed by atoms with van der Waals surface area (Å²) < 4.78 is 7.46. The molecule has 3 heterocycles. The quantitative estimate of drug-likeness (QED) is 0.625. The number of halogens is 2. The molecular formula is C13H9BrClN3O2S. The Hall–Kier alpha value is -1.44. The molecule has 0 atom stereocenters. The number of fused-ring (bicyclic) bond motifs is 1. The van der Waals surface area contributed by atoms with Crippen LogP contribution in [0.2, 0.25) is 5.02 Å². The van der Waals surface area contributed by atoms with E-state index in [4.69, 9.17) is 16.3 Å². The Bertz CT molecular complexity index is 839. The Labute approximate surface area is 137 Å². The molecule has 21 heavy (non-hydrogen) atoms. The lowest BCUT2D eigenvalue weighted by Gasteiger charge is -2.03. The largest absolute Gasteiger partial charge is 0.465 e. The molecule has 0 fully saturated rings. The summed E-state index contributed by atoms with van der Waals surface area (Å²) in [4.78, 5) is 12.6. The van der Waals surface area contributed by atoms with Gasteiger partial charge in [0.15, 0.2) is 11.5 Å². The van der Waals surface area contributed by atoms with Crippen molar-refractivity contribution in [1.29, 1.82) is 0 Å². The van der Waals surface area contributed by atoms with Crippen LogP contribution in [0.5, 0.6) is 0 Å². The van der Waals surface area contributed by atoms with Crippen LogP contribution in [0.15, 0.2) is 22.1 Å². The number of aryl methyl sites for hydroxylation is 1. The van der Waals surface area contributed by atoms with Crippen LogP contribution in [0, 0.1) is 6.92 Å². The number of carbonyl (C=O) groups excluding carboxylic acids is 1. The monoisotopic (exact) mass is 385 g/mol. The predicted molar refractivity (Wildman–Crippen MR) is 85.1 cm³/mol. The Morgan fingerprint density at radius 2 is 2.19 bits per heavy atom. The second-order valence-corrected chi connectivity index (χ2v) is 7.13. The Morgan fingerprint density at radius 3 is 2.81 bits per heavy atom. The fraction of sp³-hybridized carbons (Fsp3) is 0.154. The average Bonchev–Trinajstić information content (AvgIpc) is 3.02. The number of nitrogens with zero attached hydrogens (tertiary/aromatic N) is 3. The van der Waals surface area contributed by atoms with Crippen molar-refractivity contribution in [2.75, 3.05) is 7.11 Å². The van der Waals surface area contributed by atoms with E-state index < -0.39 is 5.97 Å². The van der Waals surface area contributed by atoms with Gasteiger partial charge in [-0.25, -0.2) is 4.79 Å². The highest BCUT2D eigenvalue weighted by atomic mass is 79.9. The van der Waals surface area contributed by atoms with Crippen molar-refractivity contribution >= 4 is 50.5 Å². The van der Waals surface area contributed by atoms with Gasteiger partial charge in [0.1, 0.15) is 0 Å². The van der Waals surface area contributed by atoms with Crippen LogP contribution in [-0.2, 0) is 4.74 Å². The van der Waals surface area contributed by atoms with Gasteiger partial charge in [-0.05, 0) is 40.5 Å². The van der Waals surface area contributed by atoms with Crippen molar-refractivity contribution in [2.45, 2.75) is 6.92 Å². The van der Waals surface area contributed by atoms with Gasteiger partial charge in [-0.2, -0.15) is 0 Å². The zero-order valence-electron chi connectivity index (χ0n) is 11.1. The van der Waals surface area contributed by atoms with Gasteiger partial charge < -0.3 is 4.74 Å². The van der Waals surface area contributed by atoms with Crippen LogP contribution in [0.4, 0.5) is 0 Å². The van der Waals surface area contributed by atoms with Gasteiger partial charge in [0.25, 0.3) is 0 Å². The molecule has 0 aromatic carbocycles. The zero-order valence-corrected chi connectivity index (χ0v) is 14.2. The molecule has 0 aliphatic heterocycles. The van der Waals surface area contributed by atoms with Crippen LogP contribution in [0.3, 0.4) is 0 Å². The summed E-state index contributed by atoms with van der Waals surface area (Å²) in [5.74, 6) is 0.179. The van der Waals surface area contributed by atoms with E-state index >= 15 is 0 Å². The van der Waals surface area contributed by atoms with Gasteiger partial charge >= 0.3 is 5.97 Å². The molecule has 3 aromatic heterocycles. The number of aromatic nitrogens is 3. The number of hydrogen-bond acceptors (Lipinski definition) is 5. The van der Waals surface area contributed by atoms with Gasteiger partial charge in [-0.1, -0.05) is 11.6 Å². The average molecular weight is 387 g/mol. The lowest BCUT2D eigenvalue weighted by Crippen LogP contribution is -2.03. The van der Waals surface area contributed by atoms with Crippen molar-refractivity contribution in [2.24, 2.45) is 0 Å². The van der Waals surface area contributed by atoms with Crippen molar-refractivity contribution in [3.8, 4) is 10.7 Å². The summed E-state index contributed by atoms with van der Waals surface area (Å²) in [6.45, 7) is 2.00. The molecule has 0 aliphatic rings. The van der Waals surface area contributed by atoms with E-state index in [1.165, 1.54) is 13.2 Å². The normalized spacial score (nSPS) is 11.0. The van der Waals surface area contributed by atoms with Gasteiger partial charge in [-0.15, -0.1) is 21.5 Å². The highest BCUT2D eigenvalue weighted by Crippen LogP contribution is 2.34. The predicted octanol–water partition coefficient (Wildman–Crippen LogP) is 3.97. The minimum absolute atomic E-state index is 0.350. The summed E-state index contributed by atoms with van der Waals surface area (Å²) in [5.41, 5.74) is 1.96. The molecule has 0 aliphatic carbocycles. The number of methoxy groups -OCH3 is 1.